The van der Waals surface area contributed by atoms with Crippen molar-refractivity contribution in [3.63, 3.8) is 0 Å². The number of benzene rings is 1. The van der Waals surface area contributed by atoms with Crippen LogP contribution in [-0.2, 0) is 20.8 Å². The van der Waals surface area contributed by atoms with E-state index in [-0.39, 0.29) is 35.2 Å². The maximum absolute atomic E-state index is 14.2. The highest BCUT2D eigenvalue weighted by molar-refractivity contribution is 6.31. The highest BCUT2D eigenvalue weighted by atomic mass is 35.5. The number of amides is 2. The van der Waals surface area contributed by atoms with E-state index in [4.69, 9.17) is 27.9 Å². The Bertz CT molecular complexity index is 1290. The van der Waals surface area contributed by atoms with E-state index in [1.807, 2.05) is 0 Å². The maximum Gasteiger partial charge on any atom is 0.310 e. The predicted molar refractivity (Wildman–Crippen MR) is 145 cm³/mol. The Hall–Kier alpha value is -3.12. The van der Waals surface area contributed by atoms with Crippen molar-refractivity contribution in [2.45, 2.75) is 64.5 Å². The summed E-state index contributed by atoms with van der Waals surface area (Å²) in [6.45, 7) is 1.86. The van der Waals surface area contributed by atoms with E-state index in [1.165, 1.54) is 7.05 Å². The predicted octanol–water partition coefficient (Wildman–Crippen LogP) is 3.25. The average Bonchev–Trinajstić information content (AvgIpc) is 3.40. The molecule has 2 aliphatic heterocycles. The van der Waals surface area contributed by atoms with Crippen molar-refractivity contribution < 1.29 is 33.0 Å². The molecule has 2 heterocycles. The van der Waals surface area contributed by atoms with Crippen molar-refractivity contribution in [3.05, 3.63) is 39.7 Å². The van der Waals surface area contributed by atoms with Gasteiger partial charge in [-0.3, -0.25) is 14.4 Å². The Morgan fingerprint density at radius 2 is 2.00 bits per heavy atom. The van der Waals surface area contributed by atoms with Crippen molar-refractivity contribution in [2.75, 3.05) is 26.7 Å². The van der Waals surface area contributed by atoms with Gasteiger partial charge in [0.05, 0.1) is 17.0 Å². The molecule has 3 fully saturated rings. The molecule has 224 valence electrons. The van der Waals surface area contributed by atoms with Gasteiger partial charge in [0.2, 0.25) is 11.8 Å². The number of carboxylic acid groups (broad SMARTS) is 1. The quantitative estimate of drug-likeness (QED) is 0.307. The van der Waals surface area contributed by atoms with Gasteiger partial charge in [0, 0.05) is 37.1 Å². The van der Waals surface area contributed by atoms with Crippen molar-refractivity contribution in [2.24, 2.45) is 28.3 Å². The highest BCUT2D eigenvalue weighted by Gasteiger charge is 2.57. The largest absolute Gasteiger partial charge is 0.487 e. The second kappa shape index (κ2) is 10.6. The molecule has 0 bridgehead atoms. The van der Waals surface area contributed by atoms with Crippen molar-refractivity contribution in [1.29, 1.82) is 0 Å². The molecule has 1 aromatic carbocycles. The number of halogens is 3. The molecule has 1 saturated heterocycles. The third kappa shape index (κ3) is 5.09. The molecule has 2 aliphatic carbocycles. The SMILES string of the molecule is CN(N)/C(=C(\N)COc1ccc(Cl)c2c1C(N1CC3(CC3)CC1=O)N(C(=O)C1CCC[C@]1(C)C(=O)O)CC2)C(F)F. The van der Waals surface area contributed by atoms with Gasteiger partial charge >= 0.3 is 5.97 Å². The Morgan fingerprint density at radius 1 is 1.29 bits per heavy atom. The normalized spacial score (nSPS) is 27.2. The molecule has 5 rings (SSSR count). The molecule has 5 N–H and O–H groups in total. The van der Waals surface area contributed by atoms with Crippen LogP contribution in [0.4, 0.5) is 8.78 Å². The molecule has 1 aromatic rings. The van der Waals surface area contributed by atoms with Gasteiger partial charge in [-0.05, 0) is 62.1 Å². The smallest absolute Gasteiger partial charge is 0.310 e. The minimum Gasteiger partial charge on any atom is -0.487 e. The fourth-order valence-corrected chi connectivity index (χ4v) is 7.03. The number of allylic oxidation sites excluding steroid dienone is 1. The monoisotopic (exact) mass is 595 g/mol. The van der Waals surface area contributed by atoms with Gasteiger partial charge in [-0.25, -0.2) is 14.6 Å². The second-order valence-corrected chi connectivity index (χ2v) is 12.5. The minimum atomic E-state index is -2.93. The molecule has 2 saturated carbocycles. The fourth-order valence-electron chi connectivity index (χ4n) is 6.78. The molecule has 4 aliphatic rings. The molecular formula is C28H36ClF2N5O5. The van der Waals surface area contributed by atoms with E-state index in [0.717, 1.165) is 17.9 Å². The van der Waals surface area contributed by atoms with Crippen molar-refractivity contribution in [1.82, 2.24) is 14.8 Å². The zero-order chi connectivity index (χ0) is 29.9. The number of carboxylic acids is 1. The highest BCUT2D eigenvalue weighted by Crippen LogP contribution is 2.56. The first-order valence-electron chi connectivity index (χ1n) is 13.8. The van der Waals surface area contributed by atoms with Gasteiger partial charge in [0.1, 0.15) is 24.2 Å². The van der Waals surface area contributed by atoms with E-state index in [2.05, 4.69) is 0 Å². The van der Waals surface area contributed by atoms with Crippen LogP contribution in [0, 0.1) is 16.7 Å². The van der Waals surface area contributed by atoms with Gasteiger partial charge in [0.25, 0.3) is 6.43 Å². The number of rotatable bonds is 8. The molecule has 10 nitrogen and oxygen atoms in total. The third-order valence-corrected chi connectivity index (χ3v) is 9.70. The van der Waals surface area contributed by atoms with Crippen LogP contribution in [0.15, 0.2) is 23.5 Å². The van der Waals surface area contributed by atoms with Crippen LogP contribution in [0.1, 0.15) is 62.7 Å². The topological polar surface area (TPSA) is 142 Å². The molecule has 0 aromatic heterocycles. The van der Waals surface area contributed by atoms with E-state index >= 15 is 0 Å². The van der Waals surface area contributed by atoms with Crippen molar-refractivity contribution >= 4 is 29.4 Å². The van der Waals surface area contributed by atoms with E-state index < -0.39 is 42.2 Å². The minimum absolute atomic E-state index is 0.111. The van der Waals surface area contributed by atoms with E-state index in [0.29, 0.717) is 54.8 Å². The van der Waals surface area contributed by atoms with Crippen LogP contribution < -0.4 is 16.3 Å². The van der Waals surface area contributed by atoms with Crippen LogP contribution in [0.5, 0.6) is 5.75 Å². The third-order valence-electron chi connectivity index (χ3n) is 9.35. The summed E-state index contributed by atoms with van der Waals surface area (Å²) in [5.74, 6) is 3.59. The zero-order valence-corrected chi connectivity index (χ0v) is 23.9. The van der Waals surface area contributed by atoms with E-state index in [1.54, 1.807) is 28.9 Å². The molecule has 0 radical (unpaired) electrons. The first-order chi connectivity index (χ1) is 19.3. The number of fused-ring (bicyclic) bond motifs is 1. The summed E-state index contributed by atoms with van der Waals surface area (Å²) >= 11 is 6.63. The summed E-state index contributed by atoms with van der Waals surface area (Å²) in [6, 6.07) is 3.20. The summed E-state index contributed by atoms with van der Waals surface area (Å²) in [5.41, 5.74) is 4.93. The van der Waals surface area contributed by atoms with E-state index in [9.17, 15) is 28.3 Å². The van der Waals surface area contributed by atoms with Crippen LogP contribution in [-0.4, -0.2) is 70.9 Å². The molecular weight excluding hydrogens is 560 g/mol. The molecule has 1 spiro atoms. The lowest BCUT2D eigenvalue weighted by atomic mass is 9.78. The Labute approximate surface area is 242 Å². The number of hydrazine groups is 1. The number of nitrogens with two attached hydrogens (primary N) is 2. The molecule has 41 heavy (non-hydrogen) atoms. The first kappa shape index (κ1) is 29.4. The van der Waals surface area contributed by atoms with Crippen LogP contribution >= 0.6 is 11.6 Å². The zero-order valence-electron chi connectivity index (χ0n) is 23.2. The summed E-state index contributed by atoms with van der Waals surface area (Å²) < 4.78 is 33.2. The number of carbonyl (C=O) groups excluding carboxylic acids is 2. The van der Waals surface area contributed by atoms with Gasteiger partial charge in [-0.2, -0.15) is 0 Å². The van der Waals surface area contributed by atoms with Crippen LogP contribution in [0.25, 0.3) is 0 Å². The molecule has 2 unspecified atom stereocenters. The molecule has 13 heteroatoms. The maximum atomic E-state index is 14.2. The molecule has 3 atom stereocenters. The van der Waals surface area contributed by atoms with Crippen LogP contribution in [0.2, 0.25) is 5.02 Å². The summed E-state index contributed by atoms with van der Waals surface area (Å²) in [4.78, 5) is 43.2. The summed E-state index contributed by atoms with van der Waals surface area (Å²) in [5, 5.41) is 11.2. The number of likely N-dealkylation sites (tertiary alicyclic amines) is 1. The second-order valence-electron chi connectivity index (χ2n) is 12.1. The number of nitrogens with zero attached hydrogens (tertiary/aromatic N) is 3. The number of alkyl halides is 2. The molecule has 2 amide bonds. The van der Waals surface area contributed by atoms with Gasteiger partial charge in [-0.15, -0.1) is 0 Å². The standard InChI is InChI=1S/C28H36ClF2N5O5/c1-27(26(39)40)8-3-4-16(27)25(38)35-11-7-15-17(29)5-6-19(41-13-18(32)22(23(30)31)34(2)33)21(15)24(35)36-14-28(9-10-28)12-20(36)37/h5-6,16,23-24H,3-4,7-14,32-33H2,1-2H3,(H,39,40)/b22-18-/t16?,24?,27-/m0/s1. The Kier molecular flexibility index (Phi) is 7.60. The number of hydrogen-bond donors (Lipinski definition) is 3. The Morgan fingerprint density at radius 3 is 2.59 bits per heavy atom. The van der Waals surface area contributed by atoms with Crippen LogP contribution in [0.3, 0.4) is 0 Å². The van der Waals surface area contributed by atoms with Gasteiger partial charge < -0.3 is 30.4 Å². The fraction of sp³-hybridized carbons (Fsp3) is 0.607. The van der Waals surface area contributed by atoms with Gasteiger partial charge in [-0.1, -0.05) is 18.0 Å². The average molecular weight is 596 g/mol. The summed E-state index contributed by atoms with van der Waals surface area (Å²) in [7, 11) is 1.25. The van der Waals surface area contributed by atoms with Crippen molar-refractivity contribution in [3.8, 4) is 5.75 Å². The first-order valence-corrected chi connectivity index (χ1v) is 14.2. The summed E-state index contributed by atoms with van der Waals surface area (Å²) in [6.07, 6.45) is 0.127. The lowest BCUT2D eigenvalue weighted by molar-refractivity contribution is -0.160. The number of hydrogen-bond acceptors (Lipinski definition) is 7. The van der Waals surface area contributed by atoms with Gasteiger partial charge in [0.15, 0.2) is 0 Å². The number of aliphatic carboxylic acids is 1. The number of carbonyl (C=O) groups is 3. The Balaban J connectivity index is 1.57. The number of ether oxygens (including phenoxy) is 1. The lowest BCUT2D eigenvalue weighted by Gasteiger charge is -2.45. The lowest BCUT2D eigenvalue weighted by Crippen LogP contribution is -2.53.